The van der Waals surface area contributed by atoms with Gasteiger partial charge >= 0.3 is 13.7 Å². The van der Waals surface area contributed by atoms with Gasteiger partial charge in [0.05, 0.1) is 61.8 Å². The van der Waals surface area contributed by atoms with Crippen molar-refractivity contribution in [2.75, 3.05) is 46.6 Å². The zero-order valence-corrected chi connectivity index (χ0v) is 29.3. The van der Waals surface area contributed by atoms with Gasteiger partial charge in [-0.1, -0.05) is 26.0 Å². The Morgan fingerprint density at radius 2 is 1.70 bits per heavy atom. The lowest BCUT2D eigenvalue weighted by Crippen LogP contribution is -2.51. The van der Waals surface area contributed by atoms with Gasteiger partial charge in [-0.25, -0.2) is 13.2 Å². The summed E-state index contributed by atoms with van der Waals surface area (Å²) < 4.78 is 74.9. The maximum Gasteiger partial charge on any atom is 0.407 e. The van der Waals surface area contributed by atoms with Crippen molar-refractivity contribution in [2.45, 2.75) is 70.0 Å². The molecule has 2 saturated heterocycles. The minimum absolute atomic E-state index is 0.0493. The summed E-state index contributed by atoms with van der Waals surface area (Å²) >= 11 is 0. The number of fused-ring (bicyclic) bond motifs is 1. The van der Waals surface area contributed by atoms with Gasteiger partial charge in [0.25, 0.3) is 0 Å². The number of nitrogens with one attached hydrogen (secondary N) is 1. The molecule has 0 spiro atoms. The number of aliphatic hydroxyl groups is 1. The van der Waals surface area contributed by atoms with Gasteiger partial charge in [0.15, 0.2) is 6.29 Å². The second kappa shape index (κ2) is 16.7. The van der Waals surface area contributed by atoms with Gasteiger partial charge in [-0.2, -0.15) is 4.31 Å². The van der Waals surface area contributed by atoms with E-state index >= 15 is 0 Å². The van der Waals surface area contributed by atoms with Crippen molar-refractivity contribution in [3.05, 3.63) is 54.1 Å². The van der Waals surface area contributed by atoms with E-state index in [1.807, 2.05) is 13.8 Å². The number of hydrogen-bond donors (Lipinski definition) is 2. The normalized spacial score (nSPS) is 21.1. The highest BCUT2D eigenvalue weighted by molar-refractivity contribution is 7.89. The number of hydrogen-bond acceptors (Lipinski definition) is 11. The van der Waals surface area contributed by atoms with E-state index in [0.29, 0.717) is 29.6 Å². The van der Waals surface area contributed by atoms with Crippen molar-refractivity contribution in [3.8, 4) is 5.75 Å². The molecule has 0 aromatic heterocycles. The van der Waals surface area contributed by atoms with Gasteiger partial charge in [0.2, 0.25) is 10.0 Å². The SMILES string of the molecule is CCOP(=O)(OCC)c1ccc(C[C@H](NC(=O)O[C@H]2CO[C@H]3OCC[C@H]32)[C@H](O)CN(CC(C)C)S(=O)(=O)c2ccc(OC)cc2)cc1. The molecule has 4 rings (SSSR count). The molecule has 2 aromatic carbocycles. The third kappa shape index (κ3) is 9.54. The highest BCUT2D eigenvalue weighted by Crippen LogP contribution is 2.46. The fourth-order valence-electron chi connectivity index (χ4n) is 5.66. The lowest BCUT2D eigenvalue weighted by Gasteiger charge is -2.31. The molecule has 47 heavy (non-hydrogen) atoms. The van der Waals surface area contributed by atoms with Gasteiger partial charge in [-0.05, 0) is 74.6 Å². The number of aliphatic hydroxyl groups excluding tert-OH is 1. The van der Waals surface area contributed by atoms with Gasteiger partial charge < -0.3 is 38.4 Å². The number of alkyl carbamates (subject to hydrolysis) is 1. The monoisotopic (exact) mass is 698 g/mol. The first-order valence-electron chi connectivity index (χ1n) is 15.9. The van der Waals surface area contributed by atoms with Crippen LogP contribution < -0.4 is 15.4 Å². The van der Waals surface area contributed by atoms with Crippen LogP contribution in [0.25, 0.3) is 0 Å². The second-order valence-corrected chi connectivity index (χ2v) is 15.8. The van der Waals surface area contributed by atoms with Gasteiger partial charge in [0.1, 0.15) is 11.9 Å². The minimum atomic E-state index is -4.03. The van der Waals surface area contributed by atoms with Crippen LogP contribution in [0.5, 0.6) is 5.75 Å². The van der Waals surface area contributed by atoms with Crippen molar-refractivity contribution in [1.82, 2.24) is 9.62 Å². The second-order valence-electron chi connectivity index (χ2n) is 11.9. The van der Waals surface area contributed by atoms with E-state index < -0.39 is 48.3 Å². The largest absolute Gasteiger partial charge is 0.497 e. The molecule has 1 amide bonds. The molecular formula is C32H47N2O11PS. The Bertz CT molecular complexity index is 1450. The third-order valence-electron chi connectivity index (χ3n) is 7.97. The van der Waals surface area contributed by atoms with Crippen LogP contribution in [0, 0.1) is 11.8 Å². The lowest BCUT2D eigenvalue weighted by atomic mass is 10.0. The van der Waals surface area contributed by atoms with Crippen LogP contribution in [0.15, 0.2) is 53.4 Å². The summed E-state index contributed by atoms with van der Waals surface area (Å²) in [5.41, 5.74) is 0.680. The molecule has 0 radical (unpaired) electrons. The molecule has 2 aromatic rings. The number of carbonyl (C=O) groups excluding carboxylic acids is 1. The smallest absolute Gasteiger partial charge is 0.407 e. The Kier molecular flexibility index (Phi) is 13.3. The van der Waals surface area contributed by atoms with Gasteiger partial charge in [-0.15, -0.1) is 0 Å². The molecule has 2 aliphatic heterocycles. The summed E-state index contributed by atoms with van der Waals surface area (Å²) in [5.74, 6) is 0.365. The Morgan fingerprint density at radius 3 is 2.30 bits per heavy atom. The summed E-state index contributed by atoms with van der Waals surface area (Å²) in [6, 6.07) is 11.7. The number of ether oxygens (including phenoxy) is 4. The van der Waals surface area contributed by atoms with Crippen molar-refractivity contribution < 1.29 is 50.9 Å². The summed E-state index contributed by atoms with van der Waals surface area (Å²) in [6.07, 6.45) is -2.23. The molecule has 13 nitrogen and oxygen atoms in total. The van der Waals surface area contributed by atoms with E-state index in [-0.39, 0.29) is 56.1 Å². The van der Waals surface area contributed by atoms with Crippen LogP contribution in [0.1, 0.15) is 39.7 Å². The molecule has 0 unspecified atom stereocenters. The van der Waals surface area contributed by atoms with Crippen LogP contribution >= 0.6 is 7.60 Å². The molecule has 0 saturated carbocycles. The van der Waals surface area contributed by atoms with Gasteiger partial charge in [-0.3, -0.25) is 4.57 Å². The number of amides is 1. The number of benzene rings is 2. The first-order valence-corrected chi connectivity index (χ1v) is 18.9. The standard InChI is InChI=1S/C32H47N2O11PS/c1-6-43-46(37,44-7-2)25-12-8-23(9-13-25)18-28(33-32(36)45-30-21-42-31-27(30)16-17-41-31)29(35)20-34(19-22(3)4)47(38,39)26-14-10-24(40-5)11-15-26/h8-15,22,27-31,35H,6-7,16-21H2,1-5H3,(H,33,36)/t27-,28-,29+,30-,31+/m0/s1. The number of rotatable bonds is 17. The van der Waals surface area contributed by atoms with E-state index in [2.05, 4.69) is 5.32 Å². The third-order valence-corrected chi connectivity index (χ3v) is 11.9. The van der Waals surface area contributed by atoms with Crippen LogP contribution in [-0.2, 0) is 44.3 Å². The van der Waals surface area contributed by atoms with Crippen LogP contribution in [0.3, 0.4) is 0 Å². The number of methoxy groups -OCH3 is 1. The Balaban J connectivity index is 1.57. The van der Waals surface area contributed by atoms with Crippen LogP contribution in [0.4, 0.5) is 4.79 Å². The van der Waals surface area contributed by atoms with Crippen molar-refractivity contribution in [3.63, 3.8) is 0 Å². The lowest BCUT2D eigenvalue weighted by molar-refractivity contribution is -0.0907. The van der Waals surface area contributed by atoms with Crippen LogP contribution in [-0.4, -0.2) is 95.1 Å². The fraction of sp³-hybridized carbons (Fsp3) is 0.594. The fourth-order valence-corrected chi connectivity index (χ4v) is 8.85. The Hall–Kier alpha value is -2.55. The van der Waals surface area contributed by atoms with Gasteiger partial charge in [0, 0.05) is 13.1 Å². The average molecular weight is 699 g/mol. The van der Waals surface area contributed by atoms with E-state index in [4.69, 9.17) is 28.0 Å². The molecule has 0 aliphatic carbocycles. The number of sulfonamides is 1. The molecule has 0 bridgehead atoms. The summed E-state index contributed by atoms with van der Waals surface area (Å²) in [5, 5.41) is 14.7. The topological polar surface area (TPSA) is 159 Å². The number of carbonyl (C=O) groups is 1. The summed E-state index contributed by atoms with van der Waals surface area (Å²) in [7, 11) is -6.06. The molecule has 2 N–H and O–H groups in total. The maximum atomic E-state index is 13.8. The molecule has 262 valence electrons. The van der Waals surface area contributed by atoms with E-state index in [0.717, 1.165) is 0 Å². The van der Waals surface area contributed by atoms with E-state index in [1.165, 1.54) is 23.5 Å². The first-order chi connectivity index (χ1) is 22.4. The predicted octanol–water partition coefficient (Wildman–Crippen LogP) is 3.69. The number of nitrogens with zero attached hydrogens (tertiary/aromatic N) is 1. The summed E-state index contributed by atoms with van der Waals surface area (Å²) in [6.45, 7) is 8.15. The van der Waals surface area contributed by atoms with Crippen molar-refractivity contribution >= 4 is 29.0 Å². The first kappa shape index (κ1) is 37.3. The highest BCUT2D eigenvalue weighted by Gasteiger charge is 2.44. The molecule has 2 aliphatic rings. The van der Waals surface area contributed by atoms with Crippen molar-refractivity contribution in [1.29, 1.82) is 0 Å². The zero-order chi connectivity index (χ0) is 34.2. The summed E-state index contributed by atoms with van der Waals surface area (Å²) in [4.78, 5) is 13.3. The van der Waals surface area contributed by atoms with Crippen molar-refractivity contribution in [2.24, 2.45) is 11.8 Å². The Morgan fingerprint density at radius 1 is 1.04 bits per heavy atom. The maximum absolute atomic E-state index is 13.8. The average Bonchev–Trinajstić information content (AvgIpc) is 3.66. The minimum Gasteiger partial charge on any atom is -0.497 e. The van der Waals surface area contributed by atoms with E-state index in [9.17, 15) is 22.9 Å². The molecule has 2 fully saturated rings. The zero-order valence-electron chi connectivity index (χ0n) is 27.6. The van der Waals surface area contributed by atoms with E-state index in [1.54, 1.807) is 50.2 Å². The van der Waals surface area contributed by atoms with Crippen LogP contribution in [0.2, 0.25) is 0 Å². The molecule has 15 heteroatoms. The predicted molar refractivity (Wildman–Crippen MR) is 174 cm³/mol. The molecule has 2 heterocycles. The molecule has 5 atom stereocenters. The highest BCUT2D eigenvalue weighted by atomic mass is 32.2. The Labute approximate surface area is 277 Å². The quantitative estimate of drug-likeness (QED) is 0.232. The molecular weight excluding hydrogens is 651 g/mol.